The molecule has 0 saturated heterocycles. The van der Waals surface area contributed by atoms with E-state index >= 15 is 0 Å². The van der Waals surface area contributed by atoms with Crippen molar-refractivity contribution in [2.75, 3.05) is 18.4 Å². The summed E-state index contributed by atoms with van der Waals surface area (Å²) in [5.74, 6) is 0.584. The van der Waals surface area contributed by atoms with Crippen molar-refractivity contribution < 1.29 is 0 Å². The van der Waals surface area contributed by atoms with E-state index in [4.69, 9.17) is 5.73 Å². The summed E-state index contributed by atoms with van der Waals surface area (Å²) in [5, 5.41) is 10.4. The van der Waals surface area contributed by atoms with Crippen LogP contribution in [0.2, 0.25) is 0 Å². The van der Waals surface area contributed by atoms with E-state index in [-0.39, 0.29) is 0 Å². The van der Waals surface area contributed by atoms with E-state index in [2.05, 4.69) is 72.8 Å². The monoisotopic (exact) mass is 364 g/mol. The highest BCUT2D eigenvalue weighted by Gasteiger charge is 2.20. The molecule has 0 aliphatic carbocycles. The largest absolute Gasteiger partial charge is 0.405 e. The maximum absolute atomic E-state index is 5.39. The minimum atomic E-state index is 0.584. The van der Waals surface area contributed by atoms with Crippen LogP contribution in [-0.2, 0) is 0 Å². The van der Waals surface area contributed by atoms with E-state index in [1.807, 2.05) is 6.08 Å². The van der Waals surface area contributed by atoms with Crippen molar-refractivity contribution in [1.82, 2.24) is 10.6 Å². The number of hydrogen-bond acceptors (Lipinski definition) is 4. The van der Waals surface area contributed by atoms with E-state index in [1.165, 1.54) is 17.5 Å². The Bertz CT molecular complexity index is 741. The van der Waals surface area contributed by atoms with Gasteiger partial charge in [-0.25, -0.2) is 0 Å². The summed E-state index contributed by atoms with van der Waals surface area (Å²) in [5.41, 5.74) is 11.3. The van der Waals surface area contributed by atoms with Gasteiger partial charge >= 0.3 is 0 Å². The molecule has 0 fully saturated rings. The molecule has 27 heavy (non-hydrogen) atoms. The van der Waals surface area contributed by atoms with Gasteiger partial charge in [0.25, 0.3) is 0 Å². The fourth-order valence-corrected chi connectivity index (χ4v) is 3.10. The second-order valence-corrected chi connectivity index (χ2v) is 6.61. The normalized spacial score (nSPS) is 17.6. The predicted octanol–water partition coefficient (Wildman–Crippen LogP) is 4.51. The third-order valence-corrected chi connectivity index (χ3v) is 4.66. The molecule has 0 amide bonds. The van der Waals surface area contributed by atoms with E-state index in [9.17, 15) is 0 Å². The van der Waals surface area contributed by atoms with Crippen LogP contribution in [0.15, 0.2) is 84.5 Å². The zero-order chi connectivity index (χ0) is 19.5. The average Bonchev–Trinajstić information content (AvgIpc) is 3.11. The topological polar surface area (TPSA) is 62.1 Å². The minimum absolute atomic E-state index is 0.584. The fourth-order valence-electron chi connectivity index (χ4n) is 3.10. The van der Waals surface area contributed by atoms with E-state index in [1.54, 1.807) is 12.2 Å². The van der Waals surface area contributed by atoms with Gasteiger partial charge in [-0.1, -0.05) is 31.7 Å². The van der Waals surface area contributed by atoms with Crippen molar-refractivity contribution in [1.29, 1.82) is 0 Å². The molecule has 1 heterocycles. The average molecular weight is 365 g/mol. The lowest BCUT2D eigenvalue weighted by atomic mass is 9.98. The summed E-state index contributed by atoms with van der Waals surface area (Å²) in [7, 11) is 0. The molecule has 1 unspecified atom stereocenters. The Hall–Kier alpha value is -2.88. The highest BCUT2D eigenvalue weighted by Crippen LogP contribution is 2.32. The number of allylic oxidation sites excluding steroid dienone is 7. The standard InChI is InChI=1S/C23H32N4/c1-4-20(9-8-15-24)27-21(5-2)13-12-18(3)25-16-14-19-17-26-23-11-7-6-10-22(19)23/h4,6-13,15,19,25-27H,1,5,14,16-17,24H2,2-3H3/b15-8-,18-12+,20-9+,21-13+. The molecule has 4 nitrogen and oxygen atoms in total. The molecule has 1 aromatic rings. The maximum atomic E-state index is 5.39. The van der Waals surface area contributed by atoms with E-state index in [0.29, 0.717) is 5.92 Å². The maximum Gasteiger partial charge on any atom is 0.0376 e. The molecule has 1 atom stereocenters. The Kier molecular flexibility index (Phi) is 8.30. The van der Waals surface area contributed by atoms with Gasteiger partial charge < -0.3 is 21.7 Å². The van der Waals surface area contributed by atoms with Gasteiger partial charge in [0.2, 0.25) is 0 Å². The second kappa shape index (κ2) is 11.0. The number of nitrogens with one attached hydrogen (secondary N) is 3. The molecule has 4 heteroatoms. The van der Waals surface area contributed by atoms with Gasteiger partial charge in [0, 0.05) is 41.8 Å². The van der Waals surface area contributed by atoms with Crippen molar-refractivity contribution in [3.63, 3.8) is 0 Å². The van der Waals surface area contributed by atoms with Gasteiger partial charge in [-0.3, -0.25) is 0 Å². The number of nitrogens with two attached hydrogens (primary N) is 1. The fraction of sp³-hybridized carbons (Fsp3) is 0.304. The Morgan fingerprint density at radius 1 is 1.30 bits per heavy atom. The number of para-hydroxylation sites is 1. The van der Waals surface area contributed by atoms with Gasteiger partial charge in [0.15, 0.2) is 0 Å². The predicted molar refractivity (Wildman–Crippen MR) is 117 cm³/mol. The van der Waals surface area contributed by atoms with Gasteiger partial charge in [-0.05, 0) is 68.0 Å². The zero-order valence-electron chi connectivity index (χ0n) is 16.5. The SMILES string of the molecule is C=C/C(=C\C=C/N)N/C(=C/C=C(\C)NCCC1CNc2ccccc21)CC. The van der Waals surface area contributed by atoms with Crippen molar-refractivity contribution in [2.24, 2.45) is 5.73 Å². The number of rotatable bonds is 10. The summed E-state index contributed by atoms with van der Waals surface area (Å²) < 4.78 is 0. The quantitative estimate of drug-likeness (QED) is 0.462. The van der Waals surface area contributed by atoms with E-state index in [0.717, 1.165) is 43.0 Å². The molecule has 0 aromatic heterocycles. The van der Waals surface area contributed by atoms with Crippen molar-refractivity contribution >= 4 is 5.69 Å². The van der Waals surface area contributed by atoms with Gasteiger partial charge in [-0.15, -0.1) is 0 Å². The molecule has 2 rings (SSSR count). The third-order valence-electron chi connectivity index (χ3n) is 4.66. The molecule has 0 bridgehead atoms. The molecule has 0 radical (unpaired) electrons. The summed E-state index contributed by atoms with van der Waals surface area (Å²) in [6.45, 7) is 10.0. The first-order valence-electron chi connectivity index (χ1n) is 9.60. The van der Waals surface area contributed by atoms with Crippen LogP contribution in [0.5, 0.6) is 0 Å². The first kappa shape index (κ1) is 20.4. The highest BCUT2D eigenvalue weighted by molar-refractivity contribution is 5.57. The van der Waals surface area contributed by atoms with Crippen LogP contribution >= 0.6 is 0 Å². The first-order chi connectivity index (χ1) is 13.2. The lowest BCUT2D eigenvalue weighted by Crippen LogP contribution is -2.16. The number of hydrogen-bond donors (Lipinski definition) is 4. The van der Waals surface area contributed by atoms with Gasteiger partial charge in [0.1, 0.15) is 0 Å². The van der Waals surface area contributed by atoms with Crippen molar-refractivity contribution in [3.05, 3.63) is 90.1 Å². The number of anilines is 1. The van der Waals surface area contributed by atoms with Crippen molar-refractivity contribution in [3.8, 4) is 0 Å². The number of fused-ring (bicyclic) bond motifs is 1. The van der Waals surface area contributed by atoms with Crippen LogP contribution in [0.4, 0.5) is 5.69 Å². The first-order valence-corrected chi connectivity index (χ1v) is 9.60. The molecule has 144 valence electrons. The Morgan fingerprint density at radius 2 is 2.11 bits per heavy atom. The number of benzene rings is 1. The summed E-state index contributed by atoms with van der Waals surface area (Å²) in [6.07, 6.45) is 13.2. The Balaban J connectivity index is 1.85. The molecule has 1 aliphatic rings. The van der Waals surface area contributed by atoms with Gasteiger partial charge in [0.05, 0.1) is 0 Å². The smallest absolute Gasteiger partial charge is 0.0376 e. The van der Waals surface area contributed by atoms with Crippen LogP contribution < -0.4 is 21.7 Å². The Morgan fingerprint density at radius 3 is 2.85 bits per heavy atom. The van der Waals surface area contributed by atoms with Crippen LogP contribution in [0, 0.1) is 0 Å². The van der Waals surface area contributed by atoms with Crippen LogP contribution in [0.1, 0.15) is 38.2 Å². The van der Waals surface area contributed by atoms with E-state index < -0.39 is 0 Å². The molecule has 5 N–H and O–H groups in total. The summed E-state index contributed by atoms with van der Waals surface area (Å²) in [6, 6.07) is 8.60. The van der Waals surface area contributed by atoms with Gasteiger partial charge in [-0.2, -0.15) is 0 Å². The molecular weight excluding hydrogens is 332 g/mol. The molecular formula is C23H32N4. The minimum Gasteiger partial charge on any atom is -0.405 e. The lowest BCUT2D eigenvalue weighted by molar-refractivity contribution is 0.634. The summed E-state index contributed by atoms with van der Waals surface area (Å²) in [4.78, 5) is 0. The molecule has 1 aliphatic heterocycles. The lowest BCUT2D eigenvalue weighted by Gasteiger charge is -2.12. The van der Waals surface area contributed by atoms with Crippen LogP contribution in [0.25, 0.3) is 0 Å². The van der Waals surface area contributed by atoms with Crippen LogP contribution in [-0.4, -0.2) is 13.1 Å². The van der Waals surface area contributed by atoms with Crippen molar-refractivity contribution in [2.45, 2.75) is 32.6 Å². The Labute approximate surface area is 163 Å². The second-order valence-electron chi connectivity index (χ2n) is 6.61. The zero-order valence-corrected chi connectivity index (χ0v) is 16.5. The molecule has 1 aromatic carbocycles. The molecule has 0 saturated carbocycles. The molecule has 0 spiro atoms. The summed E-state index contributed by atoms with van der Waals surface area (Å²) >= 11 is 0. The highest BCUT2D eigenvalue weighted by atomic mass is 14.9. The van der Waals surface area contributed by atoms with Crippen LogP contribution in [0.3, 0.4) is 0 Å². The third kappa shape index (κ3) is 6.41.